The van der Waals surface area contributed by atoms with Gasteiger partial charge in [-0.05, 0) is 24.6 Å². The number of aromatic nitrogens is 1. The average molecular weight is 262 g/mol. The van der Waals surface area contributed by atoms with Crippen molar-refractivity contribution < 1.29 is 9.18 Å². The fourth-order valence-electron chi connectivity index (χ4n) is 1.83. The Kier molecular flexibility index (Phi) is 3.91. The number of urea groups is 1. The third-order valence-corrected chi connectivity index (χ3v) is 2.74. The number of hydrogen-bond donors (Lipinski definition) is 3. The Labute approximate surface area is 110 Å². The zero-order chi connectivity index (χ0) is 13.8. The van der Waals surface area contributed by atoms with Crippen molar-refractivity contribution >= 4 is 22.6 Å². The van der Waals surface area contributed by atoms with Crippen molar-refractivity contribution in [3.8, 4) is 0 Å². The van der Waals surface area contributed by atoms with E-state index >= 15 is 0 Å². The first-order chi connectivity index (χ1) is 9.15. The molecule has 4 N–H and O–H groups in total. The summed E-state index contributed by atoms with van der Waals surface area (Å²) in [5.41, 5.74) is 6.41. The maximum atomic E-state index is 13.8. The summed E-state index contributed by atoms with van der Waals surface area (Å²) in [7, 11) is 0. The van der Waals surface area contributed by atoms with Crippen molar-refractivity contribution in [3.05, 3.63) is 35.8 Å². The summed E-state index contributed by atoms with van der Waals surface area (Å²) in [5.74, 6) is -0.0694. The number of nitrogens with one attached hydrogen (secondary N) is 2. The van der Waals surface area contributed by atoms with Crippen molar-refractivity contribution in [1.82, 2.24) is 10.3 Å². The van der Waals surface area contributed by atoms with Gasteiger partial charge in [0, 0.05) is 30.1 Å². The summed E-state index contributed by atoms with van der Waals surface area (Å²) in [6.07, 6.45) is 1.52. The highest BCUT2D eigenvalue weighted by atomic mass is 19.1. The van der Waals surface area contributed by atoms with E-state index in [9.17, 15) is 9.18 Å². The molecule has 0 radical (unpaired) electrons. The van der Waals surface area contributed by atoms with Crippen molar-refractivity contribution in [2.24, 2.45) is 5.73 Å². The molecule has 100 valence electrons. The van der Waals surface area contributed by atoms with Crippen LogP contribution < -0.4 is 16.4 Å². The largest absolute Gasteiger partial charge is 0.338 e. The van der Waals surface area contributed by atoms with Crippen LogP contribution in [0.4, 0.5) is 15.0 Å². The van der Waals surface area contributed by atoms with Crippen molar-refractivity contribution in [2.75, 3.05) is 11.9 Å². The Morgan fingerprint density at radius 3 is 2.89 bits per heavy atom. The predicted octanol–water partition coefficient (Wildman–Crippen LogP) is 1.97. The number of carbonyl (C=O) groups is 1. The van der Waals surface area contributed by atoms with E-state index in [1.807, 2.05) is 0 Å². The molecule has 1 heterocycles. The number of benzene rings is 1. The molecule has 6 heteroatoms. The van der Waals surface area contributed by atoms with E-state index < -0.39 is 0 Å². The number of pyridine rings is 1. The summed E-state index contributed by atoms with van der Waals surface area (Å²) >= 11 is 0. The molecule has 0 spiro atoms. The van der Waals surface area contributed by atoms with Crippen LogP contribution in [0.1, 0.15) is 12.5 Å². The van der Waals surface area contributed by atoms with Crippen molar-refractivity contribution in [1.29, 1.82) is 0 Å². The minimum absolute atomic E-state index is 0.298. The van der Waals surface area contributed by atoms with Crippen molar-refractivity contribution in [2.45, 2.75) is 13.5 Å². The SMILES string of the molecule is CCNC(=O)Nc1cc2c(F)ccc(CN)c2cn1. The highest BCUT2D eigenvalue weighted by Crippen LogP contribution is 2.23. The summed E-state index contributed by atoms with van der Waals surface area (Å²) in [6, 6.07) is 4.13. The van der Waals surface area contributed by atoms with Crippen LogP contribution in [0, 0.1) is 5.82 Å². The summed E-state index contributed by atoms with van der Waals surface area (Å²) in [4.78, 5) is 15.5. The molecule has 2 amide bonds. The lowest BCUT2D eigenvalue weighted by Crippen LogP contribution is -2.28. The van der Waals surface area contributed by atoms with Crippen LogP contribution in [0.5, 0.6) is 0 Å². The molecule has 2 aromatic rings. The van der Waals surface area contributed by atoms with E-state index in [0.717, 1.165) is 5.56 Å². The molecule has 0 unspecified atom stereocenters. The predicted molar refractivity (Wildman–Crippen MR) is 72.3 cm³/mol. The molecular formula is C13H15FN4O. The monoisotopic (exact) mass is 262 g/mol. The van der Waals surface area contributed by atoms with Gasteiger partial charge in [0.05, 0.1) is 0 Å². The van der Waals surface area contributed by atoms with Gasteiger partial charge in [-0.3, -0.25) is 5.32 Å². The molecule has 5 nitrogen and oxygen atoms in total. The highest BCUT2D eigenvalue weighted by Gasteiger charge is 2.08. The van der Waals surface area contributed by atoms with E-state index in [-0.39, 0.29) is 11.8 Å². The summed E-state index contributed by atoms with van der Waals surface area (Å²) in [6.45, 7) is 2.62. The molecule has 2 rings (SSSR count). The number of anilines is 1. The number of carbonyl (C=O) groups excluding carboxylic acids is 1. The average Bonchev–Trinajstić information content (AvgIpc) is 2.40. The standard InChI is InChI=1S/C13H15FN4O/c1-2-16-13(19)18-12-5-9-10(7-17-12)8(6-15)3-4-11(9)14/h3-5,7H,2,6,15H2,1H3,(H2,16,17,18,19). The molecule has 0 aliphatic heterocycles. The van der Waals surface area contributed by atoms with Gasteiger partial charge in [-0.25, -0.2) is 14.2 Å². The fourth-order valence-corrected chi connectivity index (χ4v) is 1.83. The van der Waals surface area contributed by atoms with Gasteiger partial charge in [-0.2, -0.15) is 0 Å². The van der Waals surface area contributed by atoms with Gasteiger partial charge in [0.15, 0.2) is 0 Å². The smallest absolute Gasteiger partial charge is 0.320 e. The minimum atomic E-state index is -0.371. The number of halogens is 1. The van der Waals surface area contributed by atoms with Crippen LogP contribution in [0.15, 0.2) is 24.4 Å². The Hall–Kier alpha value is -2.21. The molecule has 0 aliphatic rings. The number of hydrogen-bond acceptors (Lipinski definition) is 3. The van der Waals surface area contributed by atoms with Crippen molar-refractivity contribution in [3.63, 3.8) is 0 Å². The zero-order valence-corrected chi connectivity index (χ0v) is 10.5. The Morgan fingerprint density at radius 1 is 1.42 bits per heavy atom. The first kappa shape index (κ1) is 13.2. The molecule has 1 aromatic heterocycles. The van der Waals surface area contributed by atoms with Crippen LogP contribution in [-0.4, -0.2) is 17.6 Å². The number of fused-ring (bicyclic) bond motifs is 1. The maximum absolute atomic E-state index is 13.8. The molecule has 0 atom stereocenters. The van der Waals surface area contributed by atoms with Crippen LogP contribution in [-0.2, 0) is 6.54 Å². The first-order valence-electron chi connectivity index (χ1n) is 5.97. The summed E-state index contributed by atoms with van der Waals surface area (Å²) < 4.78 is 13.8. The zero-order valence-electron chi connectivity index (χ0n) is 10.5. The van der Waals surface area contributed by atoms with Gasteiger partial charge >= 0.3 is 6.03 Å². The Bertz CT molecular complexity index is 615. The highest BCUT2D eigenvalue weighted by molar-refractivity contribution is 5.92. The number of nitrogens with two attached hydrogens (primary N) is 1. The van der Waals surface area contributed by atoms with E-state index in [4.69, 9.17) is 5.73 Å². The molecule has 19 heavy (non-hydrogen) atoms. The van der Waals surface area contributed by atoms with Gasteiger partial charge in [0.25, 0.3) is 0 Å². The molecule has 0 saturated carbocycles. The van der Waals surface area contributed by atoms with E-state index in [0.29, 0.717) is 29.7 Å². The lowest BCUT2D eigenvalue weighted by molar-refractivity contribution is 0.252. The van der Waals surface area contributed by atoms with E-state index in [1.54, 1.807) is 13.0 Å². The summed E-state index contributed by atoms with van der Waals surface area (Å²) in [5, 5.41) is 6.17. The van der Waals surface area contributed by atoms with Gasteiger partial charge in [-0.15, -0.1) is 0 Å². The number of rotatable bonds is 3. The number of nitrogens with zero attached hydrogens (tertiary/aromatic N) is 1. The third kappa shape index (κ3) is 2.79. The Balaban J connectivity index is 2.40. The molecule has 0 bridgehead atoms. The van der Waals surface area contributed by atoms with Crippen LogP contribution in [0.3, 0.4) is 0 Å². The molecule has 0 saturated heterocycles. The second-order valence-electron chi connectivity index (χ2n) is 4.01. The molecule has 0 fully saturated rings. The van der Waals surface area contributed by atoms with Gasteiger partial charge in [0.2, 0.25) is 0 Å². The van der Waals surface area contributed by atoms with Crippen LogP contribution in [0.2, 0.25) is 0 Å². The van der Waals surface area contributed by atoms with Gasteiger partial charge in [0.1, 0.15) is 11.6 Å². The first-order valence-corrected chi connectivity index (χ1v) is 5.97. The lowest BCUT2D eigenvalue weighted by Gasteiger charge is -2.08. The normalized spacial score (nSPS) is 10.5. The topological polar surface area (TPSA) is 80.0 Å². The van der Waals surface area contributed by atoms with Crippen LogP contribution >= 0.6 is 0 Å². The van der Waals surface area contributed by atoms with E-state index in [1.165, 1.54) is 18.3 Å². The third-order valence-electron chi connectivity index (χ3n) is 2.74. The molecule has 0 aliphatic carbocycles. The fraction of sp³-hybridized carbons (Fsp3) is 0.231. The number of amides is 2. The van der Waals surface area contributed by atoms with Gasteiger partial charge in [-0.1, -0.05) is 6.07 Å². The quantitative estimate of drug-likeness (QED) is 0.791. The molecule has 1 aromatic carbocycles. The maximum Gasteiger partial charge on any atom is 0.320 e. The van der Waals surface area contributed by atoms with Gasteiger partial charge < -0.3 is 11.1 Å². The molecular weight excluding hydrogens is 247 g/mol. The van der Waals surface area contributed by atoms with Crippen LogP contribution in [0.25, 0.3) is 10.8 Å². The minimum Gasteiger partial charge on any atom is -0.338 e. The van der Waals surface area contributed by atoms with E-state index in [2.05, 4.69) is 15.6 Å². The second-order valence-corrected chi connectivity index (χ2v) is 4.01. The second kappa shape index (κ2) is 5.62. The Morgan fingerprint density at radius 2 is 2.21 bits per heavy atom. The lowest BCUT2D eigenvalue weighted by atomic mass is 10.1.